The van der Waals surface area contributed by atoms with Gasteiger partial charge in [0.15, 0.2) is 9.84 Å². The molecule has 0 bridgehead atoms. The van der Waals surface area contributed by atoms with E-state index < -0.39 is 15.1 Å². The molecule has 0 aliphatic heterocycles. The largest absolute Gasteiger partial charge is 0.493 e. The lowest BCUT2D eigenvalue weighted by molar-refractivity contribution is -0.116. The molecule has 3 aromatic rings. The molecule has 0 fully saturated rings. The van der Waals surface area contributed by atoms with Crippen LogP contribution in [0.15, 0.2) is 63.9 Å². The predicted molar refractivity (Wildman–Crippen MR) is 111 cm³/mol. The number of nitrogens with zero attached hydrogens (tertiary/aromatic N) is 2. The van der Waals surface area contributed by atoms with Crippen molar-refractivity contribution in [1.82, 2.24) is 10.2 Å². The van der Waals surface area contributed by atoms with Crippen molar-refractivity contribution in [3.05, 3.63) is 66.1 Å². The number of benzene rings is 2. The molecule has 1 N–H and O–H groups in total. The summed E-state index contributed by atoms with van der Waals surface area (Å²) in [4.78, 5) is 12.3. The van der Waals surface area contributed by atoms with E-state index in [0.717, 1.165) is 5.56 Å². The summed E-state index contributed by atoms with van der Waals surface area (Å²) in [7, 11) is -3.31. The average molecular weight is 429 g/mol. The Kier molecular flexibility index (Phi) is 6.83. The van der Waals surface area contributed by atoms with E-state index in [2.05, 4.69) is 15.5 Å². The number of carbonyl (C=O) groups excluding carboxylic acids is 1. The molecular formula is C21H23N3O5S. The molecule has 30 heavy (non-hydrogen) atoms. The van der Waals surface area contributed by atoms with Crippen molar-refractivity contribution in [3.63, 3.8) is 0 Å². The normalized spacial score (nSPS) is 11.4. The number of sulfone groups is 1. The van der Waals surface area contributed by atoms with Crippen molar-refractivity contribution in [2.24, 2.45) is 0 Å². The van der Waals surface area contributed by atoms with Crippen LogP contribution in [-0.4, -0.2) is 36.4 Å². The third-order valence-corrected chi connectivity index (χ3v) is 6.45. The van der Waals surface area contributed by atoms with Gasteiger partial charge in [-0.1, -0.05) is 35.4 Å². The molecule has 1 aromatic heterocycles. The SMILES string of the molecule is CC(C)S(=O)(=O)c1ccc(Cc2nnc(NC(=O)CCOc3ccccc3)o2)cc1. The van der Waals surface area contributed by atoms with E-state index in [1.54, 1.807) is 38.1 Å². The molecule has 2 aromatic carbocycles. The van der Waals surface area contributed by atoms with Gasteiger partial charge in [0.2, 0.25) is 11.8 Å². The van der Waals surface area contributed by atoms with E-state index in [1.165, 1.54) is 0 Å². The molecule has 0 atom stereocenters. The number of carbonyl (C=O) groups is 1. The van der Waals surface area contributed by atoms with Gasteiger partial charge in [0.1, 0.15) is 5.75 Å². The molecule has 0 aliphatic rings. The van der Waals surface area contributed by atoms with Gasteiger partial charge >= 0.3 is 6.01 Å². The number of hydrogen-bond acceptors (Lipinski definition) is 7. The summed E-state index contributed by atoms with van der Waals surface area (Å²) in [6, 6.07) is 15.8. The van der Waals surface area contributed by atoms with Crippen LogP contribution in [0.3, 0.4) is 0 Å². The van der Waals surface area contributed by atoms with Crippen LogP contribution in [0.2, 0.25) is 0 Å². The number of rotatable bonds is 9. The van der Waals surface area contributed by atoms with Gasteiger partial charge in [-0.15, -0.1) is 5.10 Å². The van der Waals surface area contributed by atoms with Crippen molar-refractivity contribution in [2.75, 3.05) is 11.9 Å². The molecule has 1 amide bonds. The zero-order valence-corrected chi connectivity index (χ0v) is 17.6. The van der Waals surface area contributed by atoms with Crippen LogP contribution in [-0.2, 0) is 21.1 Å². The number of aromatic nitrogens is 2. The van der Waals surface area contributed by atoms with Gasteiger partial charge in [0.25, 0.3) is 0 Å². The quantitative estimate of drug-likeness (QED) is 0.556. The Hall–Kier alpha value is -3.20. The van der Waals surface area contributed by atoms with Crippen LogP contribution < -0.4 is 10.1 Å². The first kappa shape index (κ1) is 21.5. The molecule has 0 spiro atoms. The van der Waals surface area contributed by atoms with Crippen LogP contribution in [0, 0.1) is 0 Å². The van der Waals surface area contributed by atoms with Crippen molar-refractivity contribution in [2.45, 2.75) is 36.8 Å². The molecule has 0 aliphatic carbocycles. The summed E-state index contributed by atoms with van der Waals surface area (Å²) in [6.45, 7) is 3.51. The monoisotopic (exact) mass is 429 g/mol. The molecule has 0 radical (unpaired) electrons. The van der Waals surface area contributed by atoms with Crippen LogP contribution in [0.1, 0.15) is 31.7 Å². The standard InChI is InChI=1S/C21H23N3O5S/c1-15(2)30(26,27)18-10-8-16(9-11-18)14-20-23-24-21(29-20)22-19(25)12-13-28-17-6-4-3-5-7-17/h3-11,15H,12-14H2,1-2H3,(H,22,24,25). The number of hydrogen-bond donors (Lipinski definition) is 1. The van der Waals surface area contributed by atoms with Gasteiger partial charge in [-0.25, -0.2) is 8.42 Å². The molecule has 0 unspecified atom stereocenters. The Labute approximate surface area is 175 Å². The van der Waals surface area contributed by atoms with Crippen LogP contribution >= 0.6 is 0 Å². The zero-order valence-electron chi connectivity index (χ0n) is 16.7. The van der Waals surface area contributed by atoms with Crippen molar-refractivity contribution < 1.29 is 22.4 Å². The lowest BCUT2D eigenvalue weighted by Gasteiger charge is -2.08. The van der Waals surface area contributed by atoms with Gasteiger partial charge < -0.3 is 9.15 Å². The molecule has 0 saturated carbocycles. The Balaban J connectivity index is 1.50. The van der Waals surface area contributed by atoms with E-state index >= 15 is 0 Å². The van der Waals surface area contributed by atoms with E-state index in [0.29, 0.717) is 18.1 Å². The highest BCUT2D eigenvalue weighted by molar-refractivity contribution is 7.92. The molecule has 158 valence electrons. The Morgan fingerprint density at radius 2 is 1.77 bits per heavy atom. The fourth-order valence-electron chi connectivity index (χ4n) is 2.58. The molecule has 1 heterocycles. The maximum atomic E-state index is 12.2. The Morgan fingerprint density at radius 1 is 1.07 bits per heavy atom. The molecule has 8 nitrogen and oxygen atoms in total. The summed E-state index contributed by atoms with van der Waals surface area (Å²) >= 11 is 0. The molecule has 9 heteroatoms. The third kappa shape index (κ3) is 5.66. The van der Waals surface area contributed by atoms with Crippen molar-refractivity contribution >= 4 is 21.8 Å². The minimum atomic E-state index is -3.31. The zero-order chi connectivity index (χ0) is 21.6. The number of amides is 1. The lowest BCUT2D eigenvalue weighted by Crippen LogP contribution is -2.15. The maximum absolute atomic E-state index is 12.2. The van der Waals surface area contributed by atoms with Gasteiger partial charge in [-0.3, -0.25) is 10.1 Å². The van der Waals surface area contributed by atoms with Gasteiger partial charge in [-0.05, 0) is 43.7 Å². The topological polar surface area (TPSA) is 111 Å². The maximum Gasteiger partial charge on any atom is 0.322 e. The summed E-state index contributed by atoms with van der Waals surface area (Å²) in [5.41, 5.74) is 0.815. The van der Waals surface area contributed by atoms with E-state index in [4.69, 9.17) is 9.15 Å². The van der Waals surface area contributed by atoms with E-state index in [9.17, 15) is 13.2 Å². The van der Waals surface area contributed by atoms with E-state index in [-0.39, 0.29) is 29.8 Å². The highest BCUT2D eigenvalue weighted by Crippen LogP contribution is 2.18. The number of ether oxygens (including phenoxy) is 1. The number of anilines is 1. The highest BCUT2D eigenvalue weighted by atomic mass is 32.2. The van der Waals surface area contributed by atoms with Crippen molar-refractivity contribution in [3.8, 4) is 5.75 Å². The summed E-state index contributed by atoms with van der Waals surface area (Å²) < 4.78 is 35.3. The third-order valence-electron chi connectivity index (χ3n) is 4.28. The van der Waals surface area contributed by atoms with Gasteiger partial charge in [-0.2, -0.15) is 0 Å². The van der Waals surface area contributed by atoms with Crippen molar-refractivity contribution in [1.29, 1.82) is 0 Å². The molecular weight excluding hydrogens is 406 g/mol. The first-order chi connectivity index (χ1) is 14.3. The number of para-hydroxylation sites is 1. The summed E-state index contributed by atoms with van der Waals surface area (Å²) in [5, 5.41) is 9.78. The highest BCUT2D eigenvalue weighted by Gasteiger charge is 2.19. The predicted octanol–water partition coefficient (Wildman–Crippen LogP) is 3.25. The molecule has 0 saturated heterocycles. The fraction of sp³-hybridized carbons (Fsp3) is 0.286. The first-order valence-electron chi connectivity index (χ1n) is 9.47. The summed E-state index contributed by atoms with van der Waals surface area (Å²) in [5.74, 6) is 0.701. The van der Waals surface area contributed by atoms with Crippen LogP contribution in [0.4, 0.5) is 6.01 Å². The fourth-order valence-corrected chi connectivity index (χ4v) is 3.64. The van der Waals surface area contributed by atoms with Crippen LogP contribution in [0.5, 0.6) is 5.75 Å². The lowest BCUT2D eigenvalue weighted by atomic mass is 10.1. The Bertz CT molecular complexity index is 1080. The minimum Gasteiger partial charge on any atom is -0.493 e. The van der Waals surface area contributed by atoms with E-state index in [1.807, 2.05) is 30.3 Å². The first-order valence-corrected chi connectivity index (χ1v) is 11.0. The van der Waals surface area contributed by atoms with Gasteiger partial charge in [0, 0.05) is 0 Å². The van der Waals surface area contributed by atoms with Crippen LogP contribution in [0.25, 0.3) is 0 Å². The second-order valence-corrected chi connectivity index (χ2v) is 9.38. The number of nitrogens with one attached hydrogen (secondary N) is 1. The second-order valence-electron chi connectivity index (χ2n) is 6.88. The minimum absolute atomic E-state index is 0.00807. The Morgan fingerprint density at radius 3 is 2.43 bits per heavy atom. The van der Waals surface area contributed by atoms with Gasteiger partial charge in [0.05, 0.1) is 29.6 Å². The second kappa shape index (κ2) is 9.53. The smallest absolute Gasteiger partial charge is 0.322 e. The molecule has 3 rings (SSSR count). The average Bonchev–Trinajstić information content (AvgIpc) is 3.15. The summed E-state index contributed by atoms with van der Waals surface area (Å²) in [6.07, 6.45) is 0.459.